The van der Waals surface area contributed by atoms with Crippen molar-refractivity contribution >= 4 is 68.3 Å². The number of thiazole rings is 1. The van der Waals surface area contributed by atoms with Gasteiger partial charge in [0.25, 0.3) is 5.56 Å². The number of allylic oxidation sites excluding steroid dienone is 1. The second-order valence-corrected chi connectivity index (χ2v) is 12.4. The van der Waals surface area contributed by atoms with Crippen LogP contribution in [0.15, 0.2) is 88.7 Å². The number of aromatic nitrogens is 1. The van der Waals surface area contributed by atoms with E-state index in [9.17, 15) is 9.18 Å². The second-order valence-electron chi connectivity index (χ2n) is 9.08. The number of benzene rings is 3. The van der Waals surface area contributed by atoms with Crippen LogP contribution in [0.3, 0.4) is 0 Å². The molecule has 8 heteroatoms. The maximum absolute atomic E-state index is 13.9. The Morgan fingerprint density at radius 1 is 1.11 bits per heavy atom. The van der Waals surface area contributed by atoms with E-state index in [1.54, 1.807) is 22.8 Å². The average molecular weight is 746 g/mol. The molecule has 0 saturated heterocycles. The maximum Gasteiger partial charge on any atom is 0.271 e. The lowest BCUT2D eigenvalue weighted by Gasteiger charge is -2.30. The lowest BCUT2D eigenvalue weighted by molar-refractivity contribution is 0.358. The minimum absolute atomic E-state index is 0.0921. The molecular weight excluding hydrogens is 725 g/mol. The third kappa shape index (κ3) is 4.60. The van der Waals surface area contributed by atoms with Crippen molar-refractivity contribution < 1.29 is 9.13 Å². The minimum atomic E-state index is -0.327. The summed E-state index contributed by atoms with van der Waals surface area (Å²) >= 11 is 5.90. The molecule has 1 aliphatic carbocycles. The lowest BCUT2D eigenvalue weighted by atomic mass is 9.83. The van der Waals surface area contributed by atoms with Gasteiger partial charge in [-0.25, -0.2) is 9.38 Å². The van der Waals surface area contributed by atoms with Gasteiger partial charge in [0.2, 0.25) is 0 Å². The quantitative estimate of drug-likeness (QED) is 0.180. The van der Waals surface area contributed by atoms with Crippen LogP contribution in [0.25, 0.3) is 11.8 Å². The lowest BCUT2D eigenvalue weighted by Crippen LogP contribution is -2.38. The van der Waals surface area contributed by atoms with Crippen molar-refractivity contribution in [1.82, 2.24) is 4.57 Å². The standard InChI is InChI=1S/C30H21FI2N2O2S/c1-2-13-37-28-23(32)14-17(15-24(28)33)16-25-29(36)35-27(19-7-10-20(31)11-8-19)22-12-9-18-5-3-4-6-21(18)26(22)34-30(35)38-25/h2-8,10-11,14-16,27H,1,9,12-13H2/b25-16+/t27-/m1/s1. The predicted octanol–water partition coefficient (Wildman–Crippen LogP) is 6.23. The van der Waals surface area contributed by atoms with E-state index in [0.717, 1.165) is 53.7 Å². The zero-order chi connectivity index (χ0) is 26.4. The Bertz CT molecular complexity index is 1780. The molecule has 3 aromatic carbocycles. The molecule has 0 unspecified atom stereocenters. The van der Waals surface area contributed by atoms with Crippen molar-refractivity contribution in [2.45, 2.75) is 18.9 Å². The van der Waals surface area contributed by atoms with Crippen molar-refractivity contribution in [1.29, 1.82) is 0 Å². The molecule has 190 valence electrons. The third-order valence-electron chi connectivity index (χ3n) is 6.72. The van der Waals surface area contributed by atoms with Gasteiger partial charge in [0.05, 0.1) is 23.4 Å². The molecule has 0 fully saturated rings. The Morgan fingerprint density at radius 3 is 2.58 bits per heavy atom. The molecule has 0 radical (unpaired) electrons. The zero-order valence-corrected chi connectivity index (χ0v) is 25.2. The molecule has 2 aliphatic rings. The molecule has 4 nitrogen and oxygen atoms in total. The van der Waals surface area contributed by atoms with Crippen LogP contribution in [0, 0.1) is 13.0 Å². The number of hydrogen-bond donors (Lipinski definition) is 0. The van der Waals surface area contributed by atoms with Crippen LogP contribution < -0.4 is 19.6 Å². The summed E-state index contributed by atoms with van der Waals surface area (Å²) in [5, 5.41) is 0. The van der Waals surface area contributed by atoms with Gasteiger partial charge in [-0.15, -0.1) is 0 Å². The number of aryl methyl sites for hydroxylation is 1. The van der Waals surface area contributed by atoms with Crippen molar-refractivity contribution in [2.24, 2.45) is 4.99 Å². The first kappa shape index (κ1) is 25.7. The molecule has 0 bridgehead atoms. The van der Waals surface area contributed by atoms with Crippen LogP contribution in [0.5, 0.6) is 5.75 Å². The van der Waals surface area contributed by atoms with Crippen LogP contribution in [0.4, 0.5) is 4.39 Å². The van der Waals surface area contributed by atoms with Gasteiger partial charge in [-0.2, -0.15) is 0 Å². The van der Waals surface area contributed by atoms with Crippen molar-refractivity contribution in [3.05, 3.63) is 134 Å². The SMILES string of the molecule is C=CCOc1c(I)cc(/C=c2/sc3n(c2=O)[C@H](c2ccc(F)cc2)C2=C(N=3)c3ccccc3CC2)cc1I. The van der Waals surface area contributed by atoms with E-state index in [0.29, 0.717) is 15.9 Å². The Labute approximate surface area is 250 Å². The molecule has 0 saturated carbocycles. The third-order valence-corrected chi connectivity index (χ3v) is 9.31. The van der Waals surface area contributed by atoms with Gasteiger partial charge in [0, 0.05) is 5.56 Å². The average Bonchev–Trinajstić information content (AvgIpc) is 3.22. The summed E-state index contributed by atoms with van der Waals surface area (Å²) in [4.78, 5) is 19.6. The highest BCUT2D eigenvalue weighted by molar-refractivity contribution is 14.1. The monoisotopic (exact) mass is 746 g/mol. The van der Waals surface area contributed by atoms with Gasteiger partial charge < -0.3 is 4.74 Å². The number of rotatable bonds is 5. The highest BCUT2D eigenvalue weighted by Gasteiger charge is 2.32. The van der Waals surface area contributed by atoms with Crippen LogP contribution >= 0.6 is 56.5 Å². The van der Waals surface area contributed by atoms with E-state index in [1.807, 2.05) is 24.3 Å². The Balaban J connectivity index is 1.55. The van der Waals surface area contributed by atoms with Crippen LogP contribution in [-0.2, 0) is 6.42 Å². The predicted molar refractivity (Wildman–Crippen MR) is 167 cm³/mol. The van der Waals surface area contributed by atoms with Gasteiger partial charge >= 0.3 is 0 Å². The normalized spacial score (nSPS) is 16.4. The molecule has 0 amide bonds. The van der Waals surface area contributed by atoms with Crippen LogP contribution in [0.2, 0.25) is 0 Å². The second kappa shape index (κ2) is 10.5. The van der Waals surface area contributed by atoms with Gasteiger partial charge in [-0.3, -0.25) is 9.36 Å². The number of nitrogens with zero attached hydrogens (tertiary/aromatic N) is 2. The molecule has 4 aromatic rings. The first-order chi connectivity index (χ1) is 18.4. The Hall–Kier alpha value is -2.57. The van der Waals surface area contributed by atoms with Gasteiger partial charge in [0.1, 0.15) is 18.2 Å². The van der Waals surface area contributed by atoms with Crippen LogP contribution in [-0.4, -0.2) is 11.2 Å². The summed E-state index contributed by atoms with van der Waals surface area (Å²) in [6, 6.07) is 18.5. The van der Waals surface area contributed by atoms with E-state index in [-0.39, 0.29) is 17.4 Å². The number of fused-ring (bicyclic) bond motifs is 3. The fourth-order valence-electron chi connectivity index (χ4n) is 5.06. The van der Waals surface area contributed by atoms with Gasteiger partial charge in [0.15, 0.2) is 4.80 Å². The molecule has 6 rings (SSSR count). The molecular formula is C30H21FI2N2O2S. The molecule has 38 heavy (non-hydrogen) atoms. The largest absolute Gasteiger partial charge is 0.487 e. The molecule has 1 aliphatic heterocycles. The summed E-state index contributed by atoms with van der Waals surface area (Å²) in [7, 11) is 0. The maximum atomic E-state index is 13.9. The van der Waals surface area contributed by atoms with Crippen molar-refractivity contribution in [3.63, 3.8) is 0 Å². The van der Waals surface area contributed by atoms with E-state index in [1.165, 1.54) is 29.0 Å². The molecule has 1 atom stereocenters. The zero-order valence-electron chi connectivity index (χ0n) is 20.1. The first-order valence-corrected chi connectivity index (χ1v) is 15.0. The minimum Gasteiger partial charge on any atom is -0.487 e. The Kier molecular flexibility index (Phi) is 7.12. The fraction of sp³-hybridized carbons (Fsp3) is 0.133. The van der Waals surface area contributed by atoms with Crippen molar-refractivity contribution in [2.75, 3.05) is 6.61 Å². The molecule has 0 N–H and O–H groups in total. The highest BCUT2D eigenvalue weighted by atomic mass is 127. The summed E-state index contributed by atoms with van der Waals surface area (Å²) in [5.41, 5.74) is 6.11. The van der Waals surface area contributed by atoms with Crippen LogP contribution in [0.1, 0.15) is 34.7 Å². The Morgan fingerprint density at radius 2 is 1.84 bits per heavy atom. The van der Waals surface area contributed by atoms with E-state index in [2.05, 4.69) is 70.0 Å². The summed E-state index contributed by atoms with van der Waals surface area (Å²) in [6.07, 6.45) is 5.31. The number of ether oxygens (including phenoxy) is 1. The summed E-state index contributed by atoms with van der Waals surface area (Å²) in [6.45, 7) is 4.15. The molecule has 1 aromatic heterocycles. The summed E-state index contributed by atoms with van der Waals surface area (Å²) < 4.78 is 24.0. The summed E-state index contributed by atoms with van der Waals surface area (Å²) in [5.74, 6) is 0.515. The number of halogens is 3. The first-order valence-electron chi connectivity index (χ1n) is 12.1. The number of hydrogen-bond acceptors (Lipinski definition) is 4. The van der Waals surface area contributed by atoms with Crippen molar-refractivity contribution in [3.8, 4) is 5.75 Å². The fourth-order valence-corrected chi connectivity index (χ4v) is 8.19. The van der Waals surface area contributed by atoms with E-state index >= 15 is 0 Å². The molecule has 2 heterocycles. The smallest absolute Gasteiger partial charge is 0.271 e. The highest BCUT2D eigenvalue weighted by Crippen LogP contribution is 2.41. The van der Waals surface area contributed by atoms with E-state index in [4.69, 9.17) is 9.73 Å². The van der Waals surface area contributed by atoms with E-state index < -0.39 is 0 Å². The topological polar surface area (TPSA) is 43.6 Å². The van der Waals surface area contributed by atoms with Gasteiger partial charge in [-0.1, -0.05) is 60.4 Å². The van der Waals surface area contributed by atoms with Gasteiger partial charge in [-0.05, 0) is 111 Å². The molecule has 0 spiro atoms.